The molecule has 0 saturated carbocycles. The van der Waals surface area contributed by atoms with Crippen LogP contribution in [0.25, 0.3) is 31.8 Å². The van der Waals surface area contributed by atoms with Gasteiger partial charge in [-0.2, -0.15) is 0 Å². The second-order valence-electron chi connectivity index (χ2n) is 4.91. The van der Waals surface area contributed by atoms with E-state index in [9.17, 15) is 0 Å². The van der Waals surface area contributed by atoms with Crippen molar-refractivity contribution in [1.82, 2.24) is 14.5 Å². The first-order chi connectivity index (χ1) is 11.1. The summed E-state index contributed by atoms with van der Waals surface area (Å²) in [5, 5.41) is 1.94. The standard InChI is InChI=1S/C15H11N4S/c1-18-12-3-5-17-7-11(12)13-14(18)19-8-9-2-4-16-6-10(9)15(19)20-13/h2-7H,8H2,1H3/q+1/i1D3. The molecule has 0 amide bonds. The molecular formula is C15H11N4S+. The Morgan fingerprint density at radius 1 is 1.30 bits per heavy atom. The molecule has 0 radical (unpaired) electrons. The molecule has 0 bridgehead atoms. The molecule has 20 heavy (non-hydrogen) atoms. The van der Waals surface area contributed by atoms with Gasteiger partial charge < -0.3 is 0 Å². The third-order valence-corrected chi connectivity index (χ3v) is 5.11. The van der Waals surface area contributed by atoms with Gasteiger partial charge in [0.15, 0.2) is 5.01 Å². The van der Waals surface area contributed by atoms with Crippen molar-refractivity contribution >= 4 is 32.6 Å². The lowest BCUT2D eigenvalue weighted by Gasteiger charge is -1.93. The minimum absolute atomic E-state index is 0.674. The lowest BCUT2D eigenvalue weighted by molar-refractivity contribution is -0.644. The Morgan fingerprint density at radius 2 is 2.20 bits per heavy atom. The normalized spacial score (nSPS) is 15.9. The Morgan fingerprint density at radius 3 is 3.15 bits per heavy atom. The van der Waals surface area contributed by atoms with Crippen molar-refractivity contribution in [2.24, 2.45) is 6.98 Å². The van der Waals surface area contributed by atoms with Crippen LogP contribution in [0, 0.1) is 0 Å². The molecule has 1 aliphatic heterocycles. The highest BCUT2D eigenvalue weighted by atomic mass is 32.1. The lowest BCUT2D eigenvalue weighted by Crippen LogP contribution is -2.32. The molecule has 0 aromatic carbocycles. The van der Waals surface area contributed by atoms with Crippen molar-refractivity contribution in [3.8, 4) is 10.6 Å². The van der Waals surface area contributed by atoms with Crippen molar-refractivity contribution in [3.05, 3.63) is 42.5 Å². The van der Waals surface area contributed by atoms with Gasteiger partial charge in [0.1, 0.15) is 16.8 Å². The maximum atomic E-state index is 7.97. The third kappa shape index (κ3) is 1.10. The van der Waals surface area contributed by atoms with Gasteiger partial charge in [-0.25, -0.2) is 9.13 Å². The van der Waals surface area contributed by atoms with Crippen LogP contribution in [0.15, 0.2) is 36.9 Å². The van der Waals surface area contributed by atoms with Gasteiger partial charge in [0.25, 0.3) is 0 Å². The first kappa shape index (κ1) is 8.11. The highest BCUT2D eigenvalue weighted by Crippen LogP contribution is 2.38. The first-order valence-electron chi connectivity index (χ1n) is 7.80. The summed E-state index contributed by atoms with van der Waals surface area (Å²) >= 11 is 1.61. The van der Waals surface area contributed by atoms with Gasteiger partial charge in [-0.1, -0.05) is 11.3 Å². The van der Waals surface area contributed by atoms with E-state index < -0.39 is 6.98 Å². The van der Waals surface area contributed by atoms with Gasteiger partial charge in [-0.3, -0.25) is 9.97 Å². The number of pyridine rings is 2. The van der Waals surface area contributed by atoms with Crippen LogP contribution in [0.3, 0.4) is 0 Å². The highest BCUT2D eigenvalue weighted by molar-refractivity contribution is 7.22. The van der Waals surface area contributed by atoms with Crippen molar-refractivity contribution < 1.29 is 8.68 Å². The molecule has 0 fully saturated rings. The molecule has 0 N–H and O–H groups in total. The summed E-state index contributed by atoms with van der Waals surface area (Å²) in [6, 6.07) is 3.76. The smallest absolute Gasteiger partial charge is 0.264 e. The Labute approximate surface area is 123 Å². The van der Waals surface area contributed by atoms with E-state index in [4.69, 9.17) is 4.11 Å². The maximum absolute atomic E-state index is 7.97. The maximum Gasteiger partial charge on any atom is 0.301 e. The van der Waals surface area contributed by atoms with Crippen molar-refractivity contribution in [2.45, 2.75) is 6.54 Å². The number of fused-ring (bicyclic) bond motifs is 7. The SMILES string of the molecule is [2H]C([2H])([2H])n1c2ccncc2c2sc3[n+](c21)Cc1ccncc1-3. The van der Waals surface area contributed by atoms with Crippen LogP contribution in [0.1, 0.15) is 9.68 Å². The van der Waals surface area contributed by atoms with Crippen molar-refractivity contribution in [3.63, 3.8) is 0 Å². The Balaban J connectivity index is 1.97. The Hall–Kier alpha value is -2.27. The number of hydrogen-bond donors (Lipinski definition) is 0. The molecule has 96 valence electrons. The zero-order chi connectivity index (χ0) is 15.8. The van der Waals surface area contributed by atoms with E-state index in [0.29, 0.717) is 12.1 Å². The summed E-state index contributed by atoms with van der Waals surface area (Å²) < 4.78 is 28.4. The third-order valence-electron chi connectivity index (χ3n) is 3.87. The number of rotatable bonds is 0. The van der Waals surface area contributed by atoms with Crippen LogP contribution >= 0.6 is 11.3 Å². The summed E-state index contributed by atoms with van der Waals surface area (Å²) in [4.78, 5) is 8.38. The van der Waals surface area contributed by atoms with Crippen LogP contribution in [0.4, 0.5) is 0 Å². The van der Waals surface area contributed by atoms with Crippen LogP contribution in [-0.4, -0.2) is 14.5 Å². The van der Waals surface area contributed by atoms with Crippen molar-refractivity contribution in [1.29, 1.82) is 0 Å². The predicted molar refractivity (Wildman–Crippen MR) is 78.6 cm³/mol. The zero-order valence-electron chi connectivity index (χ0n) is 13.4. The monoisotopic (exact) mass is 282 g/mol. The summed E-state index contributed by atoms with van der Waals surface area (Å²) in [5.41, 5.74) is 3.70. The number of aryl methyl sites for hydroxylation is 1. The van der Waals surface area contributed by atoms with E-state index in [0.717, 1.165) is 26.3 Å². The summed E-state index contributed by atoms with van der Waals surface area (Å²) in [6.45, 7) is -1.57. The molecule has 5 heterocycles. The number of aromatic nitrogens is 4. The minimum Gasteiger partial charge on any atom is -0.264 e. The molecular weight excluding hydrogens is 268 g/mol. The topological polar surface area (TPSA) is 34.6 Å². The molecule has 4 aromatic heterocycles. The Kier molecular flexibility index (Phi) is 1.39. The van der Waals surface area contributed by atoms with Gasteiger partial charge in [-0.15, -0.1) is 0 Å². The number of hydrogen-bond acceptors (Lipinski definition) is 3. The van der Waals surface area contributed by atoms with Crippen LogP contribution in [0.2, 0.25) is 0 Å². The second-order valence-corrected chi connectivity index (χ2v) is 5.91. The molecule has 4 aromatic rings. The average Bonchev–Trinajstić information content (AvgIpc) is 3.13. The van der Waals surface area contributed by atoms with E-state index in [1.807, 2.05) is 12.3 Å². The molecule has 0 unspecified atom stereocenters. The molecule has 1 aliphatic rings. The Bertz CT molecular complexity index is 1090. The van der Waals surface area contributed by atoms with Gasteiger partial charge in [0.05, 0.1) is 22.0 Å². The molecule has 4 nitrogen and oxygen atoms in total. The second kappa shape index (κ2) is 3.43. The average molecular weight is 282 g/mol. The molecule has 0 saturated heterocycles. The fourth-order valence-electron chi connectivity index (χ4n) is 2.96. The van der Waals surface area contributed by atoms with E-state index in [1.54, 1.807) is 36.0 Å². The fourth-order valence-corrected chi connectivity index (χ4v) is 4.26. The number of nitrogens with zero attached hydrogens (tertiary/aromatic N) is 4. The van der Waals surface area contributed by atoms with Crippen LogP contribution in [-0.2, 0) is 13.5 Å². The zero-order valence-corrected chi connectivity index (χ0v) is 11.2. The summed E-state index contributed by atoms with van der Waals surface area (Å²) in [5.74, 6) is 0. The van der Waals surface area contributed by atoms with Crippen molar-refractivity contribution in [2.75, 3.05) is 0 Å². The summed E-state index contributed by atoms with van der Waals surface area (Å²) in [7, 11) is 0. The van der Waals surface area contributed by atoms with Gasteiger partial charge in [0, 0.05) is 36.4 Å². The van der Waals surface area contributed by atoms with Gasteiger partial charge in [-0.05, 0) is 6.07 Å². The largest absolute Gasteiger partial charge is 0.301 e. The minimum atomic E-state index is -2.24. The van der Waals surface area contributed by atoms with E-state index >= 15 is 0 Å². The van der Waals surface area contributed by atoms with Gasteiger partial charge >= 0.3 is 5.65 Å². The molecule has 0 aliphatic carbocycles. The highest BCUT2D eigenvalue weighted by Gasteiger charge is 2.32. The summed E-state index contributed by atoms with van der Waals surface area (Å²) in [6.07, 6.45) is 7.01. The molecule has 5 rings (SSSR count). The molecule has 0 spiro atoms. The first-order valence-corrected chi connectivity index (χ1v) is 7.12. The van der Waals surface area contributed by atoms with Crippen LogP contribution < -0.4 is 4.57 Å². The van der Waals surface area contributed by atoms with E-state index in [2.05, 4.69) is 14.5 Å². The van der Waals surface area contributed by atoms with Crippen LogP contribution in [0.5, 0.6) is 0 Å². The fraction of sp³-hybridized carbons (Fsp3) is 0.133. The lowest BCUT2D eigenvalue weighted by atomic mass is 10.2. The molecule has 5 heteroatoms. The van der Waals surface area contributed by atoms with Gasteiger partial charge in [0.2, 0.25) is 0 Å². The number of thiazole rings is 1. The predicted octanol–water partition coefficient (Wildman–Crippen LogP) is 2.50. The quantitative estimate of drug-likeness (QED) is 0.409. The van der Waals surface area contributed by atoms with E-state index in [-0.39, 0.29) is 0 Å². The van der Waals surface area contributed by atoms with E-state index in [1.165, 1.54) is 10.1 Å². The molecule has 0 atom stereocenters.